The van der Waals surface area contributed by atoms with Crippen molar-refractivity contribution in [3.8, 4) is 6.07 Å². The Morgan fingerprint density at radius 3 is 2.53 bits per heavy atom. The molecule has 17 heavy (non-hydrogen) atoms. The van der Waals surface area contributed by atoms with Crippen LogP contribution in [0, 0.1) is 11.3 Å². The third kappa shape index (κ3) is 7.58. The van der Waals surface area contributed by atoms with Crippen molar-refractivity contribution < 1.29 is 14.6 Å². The predicted molar refractivity (Wildman–Crippen MR) is 64.3 cm³/mol. The van der Waals surface area contributed by atoms with E-state index in [2.05, 4.69) is 5.32 Å². The number of carbonyl (C=O) groups excluding carboxylic acids is 1. The van der Waals surface area contributed by atoms with Crippen molar-refractivity contribution in [1.82, 2.24) is 5.32 Å². The maximum atomic E-state index is 11.5. The summed E-state index contributed by atoms with van der Waals surface area (Å²) in [6.07, 6.45) is 0.00584. The molecule has 5 nitrogen and oxygen atoms in total. The van der Waals surface area contributed by atoms with E-state index in [9.17, 15) is 9.90 Å². The van der Waals surface area contributed by atoms with E-state index in [1.807, 2.05) is 13.0 Å². The number of hydrogen-bond donors (Lipinski definition) is 2. The zero-order valence-electron chi connectivity index (χ0n) is 11.0. The second-order valence-electron chi connectivity index (χ2n) is 4.97. The standard InChI is InChI=1S/C12H22N2O3/c1-5-6-9(10(15)7-8-13)14-11(16)17-12(2,3)4/h9-10,15H,5-7H2,1-4H3,(H,14,16)/t9-,10?/m0/s1. The summed E-state index contributed by atoms with van der Waals surface area (Å²) in [5.41, 5.74) is -0.568. The zero-order valence-corrected chi connectivity index (χ0v) is 11.0. The monoisotopic (exact) mass is 242 g/mol. The van der Waals surface area contributed by atoms with Crippen LogP contribution in [0.15, 0.2) is 0 Å². The van der Waals surface area contributed by atoms with Gasteiger partial charge in [0.25, 0.3) is 0 Å². The van der Waals surface area contributed by atoms with Gasteiger partial charge in [-0.15, -0.1) is 0 Å². The molecular formula is C12H22N2O3. The van der Waals surface area contributed by atoms with Gasteiger partial charge in [0.05, 0.1) is 24.6 Å². The van der Waals surface area contributed by atoms with E-state index in [1.54, 1.807) is 20.8 Å². The smallest absolute Gasteiger partial charge is 0.407 e. The van der Waals surface area contributed by atoms with Gasteiger partial charge in [0.15, 0.2) is 0 Å². The van der Waals surface area contributed by atoms with Gasteiger partial charge >= 0.3 is 6.09 Å². The van der Waals surface area contributed by atoms with E-state index in [4.69, 9.17) is 10.00 Å². The van der Waals surface area contributed by atoms with Crippen LogP contribution in [0.5, 0.6) is 0 Å². The first-order valence-electron chi connectivity index (χ1n) is 5.84. The molecule has 5 heteroatoms. The van der Waals surface area contributed by atoms with Crippen LogP contribution in [0.25, 0.3) is 0 Å². The number of nitrogens with one attached hydrogen (secondary N) is 1. The molecule has 0 aromatic heterocycles. The average molecular weight is 242 g/mol. The predicted octanol–water partition coefficient (Wildman–Crippen LogP) is 1.95. The molecule has 0 saturated heterocycles. The quantitative estimate of drug-likeness (QED) is 0.772. The zero-order chi connectivity index (χ0) is 13.5. The fourth-order valence-electron chi connectivity index (χ4n) is 1.37. The molecule has 2 atom stereocenters. The number of nitrogens with zero attached hydrogens (tertiary/aromatic N) is 1. The van der Waals surface area contributed by atoms with Gasteiger partial charge in [-0.25, -0.2) is 4.79 Å². The summed E-state index contributed by atoms with van der Waals surface area (Å²) in [6, 6.07) is 1.45. The summed E-state index contributed by atoms with van der Waals surface area (Å²) < 4.78 is 5.10. The maximum absolute atomic E-state index is 11.5. The normalized spacial score (nSPS) is 14.6. The van der Waals surface area contributed by atoms with Crippen LogP contribution in [-0.4, -0.2) is 28.9 Å². The highest BCUT2D eigenvalue weighted by Crippen LogP contribution is 2.10. The van der Waals surface area contributed by atoms with E-state index >= 15 is 0 Å². The van der Waals surface area contributed by atoms with E-state index in [0.29, 0.717) is 6.42 Å². The minimum Gasteiger partial charge on any atom is -0.444 e. The van der Waals surface area contributed by atoms with E-state index in [1.165, 1.54) is 0 Å². The molecule has 0 fully saturated rings. The molecule has 0 spiro atoms. The molecule has 0 aliphatic heterocycles. The lowest BCUT2D eigenvalue weighted by Gasteiger charge is -2.25. The minimum atomic E-state index is -0.854. The molecule has 0 aliphatic rings. The topological polar surface area (TPSA) is 82.3 Å². The molecule has 0 rings (SSSR count). The lowest BCUT2D eigenvalue weighted by Crippen LogP contribution is -2.45. The van der Waals surface area contributed by atoms with Crippen LogP contribution < -0.4 is 5.32 Å². The number of rotatable bonds is 5. The first-order valence-corrected chi connectivity index (χ1v) is 5.84. The van der Waals surface area contributed by atoms with Crippen molar-refractivity contribution in [3.05, 3.63) is 0 Å². The van der Waals surface area contributed by atoms with Gasteiger partial charge in [-0.2, -0.15) is 5.26 Å². The second-order valence-corrected chi connectivity index (χ2v) is 4.97. The fraction of sp³-hybridized carbons (Fsp3) is 0.833. The lowest BCUT2D eigenvalue weighted by atomic mass is 10.0. The first-order chi connectivity index (χ1) is 7.80. The number of aliphatic hydroxyl groups is 1. The highest BCUT2D eigenvalue weighted by Gasteiger charge is 2.23. The van der Waals surface area contributed by atoms with Gasteiger partial charge in [0.2, 0.25) is 0 Å². The molecule has 2 N–H and O–H groups in total. The van der Waals surface area contributed by atoms with Gasteiger partial charge in [-0.1, -0.05) is 13.3 Å². The first kappa shape index (κ1) is 15.7. The minimum absolute atomic E-state index is 0.000461. The van der Waals surface area contributed by atoms with Crippen molar-refractivity contribution in [2.45, 2.75) is 64.7 Å². The lowest BCUT2D eigenvalue weighted by molar-refractivity contribution is 0.0418. The van der Waals surface area contributed by atoms with E-state index in [0.717, 1.165) is 6.42 Å². The molecule has 0 aromatic rings. The van der Waals surface area contributed by atoms with Gasteiger partial charge in [0, 0.05) is 0 Å². The molecule has 98 valence electrons. The van der Waals surface area contributed by atoms with Gasteiger partial charge < -0.3 is 15.2 Å². The van der Waals surface area contributed by atoms with Gasteiger partial charge in [-0.05, 0) is 27.2 Å². The summed E-state index contributed by atoms with van der Waals surface area (Å²) >= 11 is 0. The Kier molecular flexibility index (Phi) is 6.59. The van der Waals surface area contributed by atoms with E-state index in [-0.39, 0.29) is 6.42 Å². The van der Waals surface area contributed by atoms with E-state index < -0.39 is 23.8 Å². The van der Waals surface area contributed by atoms with Crippen LogP contribution in [0.4, 0.5) is 4.79 Å². The molecule has 0 bridgehead atoms. The maximum Gasteiger partial charge on any atom is 0.407 e. The molecule has 0 aromatic carbocycles. The summed E-state index contributed by atoms with van der Waals surface area (Å²) in [7, 11) is 0. The highest BCUT2D eigenvalue weighted by molar-refractivity contribution is 5.68. The van der Waals surface area contributed by atoms with Crippen molar-refractivity contribution >= 4 is 6.09 Å². The van der Waals surface area contributed by atoms with Crippen LogP contribution in [0.1, 0.15) is 47.0 Å². The number of carbonyl (C=O) groups is 1. The number of aliphatic hydroxyl groups excluding tert-OH is 1. The molecule has 0 saturated carbocycles. The molecule has 0 heterocycles. The Morgan fingerprint density at radius 1 is 1.53 bits per heavy atom. The molecule has 1 unspecified atom stereocenters. The SMILES string of the molecule is CCC[C@H](NC(=O)OC(C)(C)C)C(O)CC#N. The summed E-state index contributed by atoms with van der Waals surface area (Å²) in [5.74, 6) is 0. The summed E-state index contributed by atoms with van der Waals surface area (Å²) in [4.78, 5) is 11.5. The number of hydrogen-bond acceptors (Lipinski definition) is 4. The largest absolute Gasteiger partial charge is 0.444 e. The second kappa shape index (κ2) is 7.13. The Hall–Kier alpha value is -1.28. The average Bonchev–Trinajstić information content (AvgIpc) is 2.14. The molecule has 0 radical (unpaired) electrons. The van der Waals surface area contributed by atoms with Gasteiger partial charge in [-0.3, -0.25) is 0 Å². The van der Waals surface area contributed by atoms with Crippen molar-refractivity contribution in [2.24, 2.45) is 0 Å². The fourth-order valence-corrected chi connectivity index (χ4v) is 1.37. The molecule has 0 aliphatic carbocycles. The summed E-state index contributed by atoms with van der Waals surface area (Å²) in [5, 5.41) is 20.8. The van der Waals surface area contributed by atoms with Crippen LogP contribution in [0.3, 0.4) is 0 Å². The highest BCUT2D eigenvalue weighted by atomic mass is 16.6. The number of alkyl carbamates (subject to hydrolysis) is 1. The van der Waals surface area contributed by atoms with Crippen molar-refractivity contribution in [1.29, 1.82) is 5.26 Å². The molecule has 1 amide bonds. The number of amides is 1. The Bertz CT molecular complexity index is 278. The third-order valence-corrected chi connectivity index (χ3v) is 2.07. The third-order valence-electron chi connectivity index (χ3n) is 2.07. The Balaban J connectivity index is 4.34. The van der Waals surface area contributed by atoms with Crippen molar-refractivity contribution in [3.63, 3.8) is 0 Å². The number of ether oxygens (including phenoxy) is 1. The van der Waals surface area contributed by atoms with Crippen molar-refractivity contribution in [2.75, 3.05) is 0 Å². The van der Waals surface area contributed by atoms with Crippen LogP contribution in [0.2, 0.25) is 0 Å². The Morgan fingerprint density at radius 2 is 2.12 bits per heavy atom. The van der Waals surface area contributed by atoms with Crippen LogP contribution >= 0.6 is 0 Å². The molecular weight excluding hydrogens is 220 g/mol. The van der Waals surface area contributed by atoms with Gasteiger partial charge in [0.1, 0.15) is 5.60 Å². The van der Waals surface area contributed by atoms with Crippen LogP contribution in [-0.2, 0) is 4.74 Å². The summed E-state index contributed by atoms with van der Waals surface area (Å²) in [6.45, 7) is 7.26. The Labute approximate surface area is 103 Å². The number of nitriles is 1.